The van der Waals surface area contributed by atoms with Crippen molar-refractivity contribution in [2.24, 2.45) is 0 Å². The van der Waals surface area contributed by atoms with E-state index in [1.54, 1.807) is 0 Å². The molecule has 0 unspecified atom stereocenters. The summed E-state index contributed by atoms with van der Waals surface area (Å²) < 4.78 is 9.63. The first kappa shape index (κ1) is 58.3. The second-order valence-corrected chi connectivity index (χ2v) is 26.3. The minimum atomic E-state index is 1.08. The van der Waals surface area contributed by atoms with E-state index in [0.717, 1.165) is 24.2 Å². The summed E-state index contributed by atoms with van der Waals surface area (Å²) in [6.45, 7) is 0. The van der Waals surface area contributed by atoms with E-state index in [-0.39, 0.29) is 0 Å². The lowest BCUT2D eigenvalue weighted by Crippen LogP contribution is -1.96. The standard InChI is InChI=1S/C48H34N2.C48H32N2/c1-3-13-33(14-4-1)35-17-11-19-39(29-35)49-45-23-9-7-21-41(45)43-31-37(25-27-47(43)49)38-26-28-48-44(32-38)42-22-8-10-24-46(42)50(48)40-20-12-18-36(30-40)34-15-5-2-6-16-34;1-3-12-33(13-4-1)35-22-26-39(27-23-35)49-45-20-9-7-18-41(45)43-31-37(24-28-47(43)49)38-25-29-48-44(32-38)42-19-8-10-21-46(42)50(48)40-17-11-16-36(30-40)34-14-5-2-6-15-34/h1-5,7-15,17-32H,6,16H2;1-32H. The first-order valence-electron chi connectivity index (χ1n) is 34.7. The third kappa shape index (κ3) is 10.2. The van der Waals surface area contributed by atoms with E-state index in [1.165, 1.54) is 165 Å². The first-order valence-corrected chi connectivity index (χ1v) is 34.7. The van der Waals surface area contributed by atoms with Crippen molar-refractivity contribution in [3.05, 3.63) is 382 Å². The molecule has 15 aromatic carbocycles. The molecule has 1 aliphatic rings. The van der Waals surface area contributed by atoms with Crippen molar-refractivity contribution in [3.8, 4) is 78.4 Å². The second-order valence-electron chi connectivity index (χ2n) is 26.3. The van der Waals surface area contributed by atoms with Gasteiger partial charge in [0.15, 0.2) is 0 Å². The van der Waals surface area contributed by atoms with Gasteiger partial charge in [-0.05, 0) is 201 Å². The summed E-state index contributed by atoms with van der Waals surface area (Å²) in [6.07, 6.45) is 8.88. The molecule has 0 radical (unpaired) electrons. The molecule has 4 aromatic heterocycles. The molecule has 0 saturated heterocycles. The van der Waals surface area contributed by atoms with E-state index < -0.39 is 0 Å². The fraction of sp³-hybridized carbons (Fsp3) is 0.0208. The summed E-state index contributed by atoms with van der Waals surface area (Å²) in [5.41, 5.74) is 29.3. The van der Waals surface area contributed by atoms with Crippen LogP contribution in [0.25, 0.3) is 171 Å². The van der Waals surface area contributed by atoms with Crippen molar-refractivity contribution in [1.82, 2.24) is 18.3 Å². The van der Waals surface area contributed by atoms with E-state index >= 15 is 0 Å². The van der Waals surface area contributed by atoms with Crippen LogP contribution in [0.4, 0.5) is 0 Å². The van der Waals surface area contributed by atoms with Crippen LogP contribution in [-0.4, -0.2) is 18.3 Å². The van der Waals surface area contributed by atoms with Gasteiger partial charge in [0.05, 0.1) is 44.1 Å². The average molecular weight is 1280 g/mol. The minimum absolute atomic E-state index is 1.08. The lowest BCUT2D eigenvalue weighted by atomic mass is 9.97. The van der Waals surface area contributed by atoms with Crippen LogP contribution in [-0.2, 0) is 0 Å². The zero-order chi connectivity index (χ0) is 66.0. The average Bonchev–Trinajstić information content (AvgIpc) is 1.60. The van der Waals surface area contributed by atoms with Gasteiger partial charge in [0.1, 0.15) is 0 Å². The fourth-order valence-corrected chi connectivity index (χ4v) is 15.8. The maximum Gasteiger partial charge on any atom is 0.0541 e. The highest BCUT2D eigenvalue weighted by Crippen LogP contribution is 2.43. The quantitative estimate of drug-likeness (QED) is 0.130. The van der Waals surface area contributed by atoms with Crippen molar-refractivity contribution in [3.63, 3.8) is 0 Å². The Kier molecular flexibility index (Phi) is 14.3. The number of nitrogens with zero attached hydrogens (tertiary/aromatic N) is 4. The third-order valence-electron chi connectivity index (χ3n) is 20.5. The molecule has 0 atom stereocenters. The Balaban J connectivity index is 0.000000139. The molecule has 1 aliphatic carbocycles. The summed E-state index contributed by atoms with van der Waals surface area (Å²) in [6, 6.07) is 130. The molecule has 100 heavy (non-hydrogen) atoms. The van der Waals surface area contributed by atoms with Crippen LogP contribution < -0.4 is 0 Å². The van der Waals surface area contributed by atoms with Crippen molar-refractivity contribution < 1.29 is 0 Å². The van der Waals surface area contributed by atoms with Gasteiger partial charge in [0, 0.05) is 65.8 Å². The topological polar surface area (TPSA) is 19.7 Å². The molecule has 470 valence electrons. The molecule has 0 saturated carbocycles. The van der Waals surface area contributed by atoms with Gasteiger partial charge >= 0.3 is 0 Å². The monoisotopic (exact) mass is 1270 g/mol. The van der Waals surface area contributed by atoms with Crippen LogP contribution in [0.15, 0.2) is 376 Å². The SMILES string of the molecule is C1=CCCC(c2cccc(-n3c4ccccc4c4cc(-c5ccc6c(c5)c5ccccc5n6-c5cccc(-c6ccccc6)c5)ccc43)c2)=C1.c1ccc(-c2ccc(-n3c4ccccc4c4cc(-c5ccc6c(c5)c5ccccc5n6-c5cccc(-c6ccccc6)c5)ccc43)cc2)cc1. The Hall–Kier alpha value is -13.0. The highest BCUT2D eigenvalue weighted by atomic mass is 15.0. The number of aromatic nitrogens is 4. The Morgan fingerprint density at radius 2 is 0.450 bits per heavy atom. The van der Waals surface area contributed by atoms with E-state index in [0.29, 0.717) is 0 Å². The van der Waals surface area contributed by atoms with Crippen molar-refractivity contribution in [2.45, 2.75) is 12.8 Å². The number of hydrogen-bond donors (Lipinski definition) is 0. The maximum absolute atomic E-state index is 2.43. The van der Waals surface area contributed by atoms with Crippen LogP contribution in [0.2, 0.25) is 0 Å². The fourth-order valence-electron chi connectivity index (χ4n) is 15.8. The molecule has 0 bridgehead atoms. The number of fused-ring (bicyclic) bond motifs is 12. The zero-order valence-electron chi connectivity index (χ0n) is 55.0. The van der Waals surface area contributed by atoms with Crippen LogP contribution in [0.5, 0.6) is 0 Å². The highest BCUT2D eigenvalue weighted by Gasteiger charge is 2.20. The molecule has 0 spiro atoms. The number of allylic oxidation sites excluding steroid dienone is 4. The van der Waals surface area contributed by atoms with Crippen LogP contribution >= 0.6 is 0 Å². The molecule has 19 aromatic rings. The lowest BCUT2D eigenvalue weighted by Gasteiger charge is -2.13. The van der Waals surface area contributed by atoms with Gasteiger partial charge in [-0.15, -0.1) is 0 Å². The summed E-state index contributed by atoms with van der Waals surface area (Å²) in [5, 5.41) is 10.1. The maximum atomic E-state index is 2.43. The number of para-hydroxylation sites is 4. The summed E-state index contributed by atoms with van der Waals surface area (Å²) in [7, 11) is 0. The van der Waals surface area contributed by atoms with E-state index in [4.69, 9.17) is 0 Å². The van der Waals surface area contributed by atoms with Gasteiger partial charge in [-0.25, -0.2) is 0 Å². The molecule has 4 nitrogen and oxygen atoms in total. The van der Waals surface area contributed by atoms with Crippen LogP contribution in [0, 0.1) is 0 Å². The predicted molar refractivity (Wildman–Crippen MR) is 424 cm³/mol. The van der Waals surface area contributed by atoms with E-state index in [2.05, 4.69) is 394 Å². The normalized spacial score (nSPS) is 12.3. The molecule has 0 amide bonds. The Morgan fingerprint density at radius 3 is 0.810 bits per heavy atom. The van der Waals surface area contributed by atoms with E-state index in [9.17, 15) is 0 Å². The molecule has 20 rings (SSSR count). The summed E-state index contributed by atoms with van der Waals surface area (Å²) in [5.74, 6) is 0. The summed E-state index contributed by atoms with van der Waals surface area (Å²) in [4.78, 5) is 0. The van der Waals surface area contributed by atoms with Crippen molar-refractivity contribution in [2.75, 3.05) is 0 Å². The lowest BCUT2D eigenvalue weighted by molar-refractivity contribution is 1.05. The number of hydrogen-bond acceptors (Lipinski definition) is 0. The first-order chi connectivity index (χ1) is 49.6. The Bertz CT molecular complexity index is 6430. The zero-order valence-corrected chi connectivity index (χ0v) is 55.0. The highest BCUT2D eigenvalue weighted by molar-refractivity contribution is 6.15. The molecule has 0 fully saturated rings. The molecule has 0 aliphatic heterocycles. The molecule has 4 heterocycles. The third-order valence-corrected chi connectivity index (χ3v) is 20.5. The van der Waals surface area contributed by atoms with Gasteiger partial charge in [0.2, 0.25) is 0 Å². The number of benzene rings is 15. The smallest absolute Gasteiger partial charge is 0.0541 e. The minimum Gasteiger partial charge on any atom is -0.309 e. The molecule has 4 heteroatoms. The Labute approximate surface area is 580 Å². The van der Waals surface area contributed by atoms with Crippen LogP contribution in [0.3, 0.4) is 0 Å². The number of rotatable bonds is 10. The van der Waals surface area contributed by atoms with Gasteiger partial charge in [0.25, 0.3) is 0 Å². The summed E-state index contributed by atoms with van der Waals surface area (Å²) >= 11 is 0. The van der Waals surface area contributed by atoms with Crippen LogP contribution in [0.1, 0.15) is 18.4 Å². The van der Waals surface area contributed by atoms with Gasteiger partial charge < -0.3 is 18.3 Å². The van der Waals surface area contributed by atoms with Gasteiger partial charge in [-0.2, -0.15) is 0 Å². The second kappa shape index (κ2) is 24.6. The van der Waals surface area contributed by atoms with E-state index in [1.807, 2.05) is 0 Å². The van der Waals surface area contributed by atoms with Gasteiger partial charge in [-0.3, -0.25) is 0 Å². The van der Waals surface area contributed by atoms with Crippen molar-refractivity contribution >= 4 is 92.8 Å². The molecular weight excluding hydrogens is 1210 g/mol. The predicted octanol–water partition coefficient (Wildman–Crippen LogP) is 25.8. The van der Waals surface area contributed by atoms with Gasteiger partial charge in [-0.1, -0.05) is 255 Å². The molecule has 0 N–H and O–H groups in total. The molecular formula is C96H66N4. The Morgan fingerprint density at radius 1 is 0.180 bits per heavy atom. The largest absolute Gasteiger partial charge is 0.309 e. The van der Waals surface area contributed by atoms with Crippen molar-refractivity contribution in [1.29, 1.82) is 0 Å².